The van der Waals surface area contributed by atoms with Gasteiger partial charge in [-0.2, -0.15) is 10.2 Å². The van der Waals surface area contributed by atoms with Gasteiger partial charge in [0.1, 0.15) is 5.15 Å². The number of nitrogens with zero attached hydrogens (tertiary/aromatic N) is 5. The Balaban J connectivity index is 1.53. The van der Waals surface area contributed by atoms with Gasteiger partial charge in [0, 0.05) is 25.0 Å². The van der Waals surface area contributed by atoms with Gasteiger partial charge in [0.25, 0.3) is 0 Å². The van der Waals surface area contributed by atoms with Gasteiger partial charge >= 0.3 is 0 Å². The Bertz CT molecular complexity index is 828. The van der Waals surface area contributed by atoms with Gasteiger partial charge in [0.15, 0.2) is 5.13 Å². The molecular formula is C18H25ClN6O2S. The van der Waals surface area contributed by atoms with Gasteiger partial charge < -0.3 is 9.64 Å². The van der Waals surface area contributed by atoms with E-state index in [1.54, 1.807) is 22.2 Å². The first kappa shape index (κ1) is 20.8. The number of hydrazone groups is 1. The van der Waals surface area contributed by atoms with E-state index in [9.17, 15) is 4.79 Å². The molecule has 10 heteroatoms. The second kappa shape index (κ2) is 9.99. The monoisotopic (exact) mass is 424 g/mol. The fourth-order valence-corrected chi connectivity index (χ4v) is 4.01. The largest absolute Gasteiger partial charge is 0.378 e. The maximum atomic E-state index is 12.2. The number of aromatic nitrogens is 3. The third-order valence-electron chi connectivity index (χ3n) is 4.38. The van der Waals surface area contributed by atoms with Crippen LogP contribution in [-0.2, 0) is 22.5 Å². The van der Waals surface area contributed by atoms with Crippen molar-refractivity contribution in [3.8, 4) is 0 Å². The van der Waals surface area contributed by atoms with Crippen LogP contribution in [0.25, 0.3) is 0 Å². The number of anilines is 1. The van der Waals surface area contributed by atoms with E-state index in [4.69, 9.17) is 16.3 Å². The number of rotatable bonds is 8. The van der Waals surface area contributed by atoms with Crippen molar-refractivity contribution < 1.29 is 9.53 Å². The summed E-state index contributed by atoms with van der Waals surface area (Å²) in [4.78, 5) is 18.9. The Morgan fingerprint density at radius 1 is 1.46 bits per heavy atom. The standard InChI is InChI=1S/C18H25ClN6O2S/c1-3-4-5-25-17(19)15(13(2)23-25)11-20-22-16(26)10-14-12-28-18(21-14)24-6-8-27-9-7-24/h11-12H,3-10H2,1-2H3,(H,22,26)/b20-11-. The van der Waals surface area contributed by atoms with Crippen LogP contribution in [0.15, 0.2) is 10.5 Å². The Hall–Kier alpha value is -1.97. The molecule has 28 heavy (non-hydrogen) atoms. The van der Waals surface area contributed by atoms with E-state index in [-0.39, 0.29) is 12.3 Å². The van der Waals surface area contributed by atoms with Crippen LogP contribution in [0.2, 0.25) is 5.15 Å². The highest BCUT2D eigenvalue weighted by Crippen LogP contribution is 2.22. The number of aryl methyl sites for hydroxylation is 2. The van der Waals surface area contributed by atoms with Crippen molar-refractivity contribution in [2.24, 2.45) is 5.10 Å². The van der Waals surface area contributed by atoms with E-state index in [1.165, 1.54) is 0 Å². The van der Waals surface area contributed by atoms with Crippen molar-refractivity contribution in [2.45, 2.75) is 39.7 Å². The topological polar surface area (TPSA) is 84.6 Å². The summed E-state index contributed by atoms with van der Waals surface area (Å²) >= 11 is 7.91. The van der Waals surface area contributed by atoms with Gasteiger partial charge in [0.2, 0.25) is 5.91 Å². The summed E-state index contributed by atoms with van der Waals surface area (Å²) in [5.74, 6) is -0.220. The summed E-state index contributed by atoms with van der Waals surface area (Å²) in [7, 11) is 0. The third-order valence-corrected chi connectivity index (χ3v) is 5.73. The minimum Gasteiger partial charge on any atom is -0.378 e. The normalized spacial score (nSPS) is 14.8. The number of thiazole rings is 1. The number of halogens is 1. The molecule has 0 unspecified atom stereocenters. The van der Waals surface area contributed by atoms with Gasteiger partial charge in [-0.3, -0.25) is 9.48 Å². The molecule has 1 fully saturated rings. The highest BCUT2D eigenvalue weighted by Gasteiger charge is 2.16. The van der Waals surface area contributed by atoms with Crippen molar-refractivity contribution in [1.29, 1.82) is 0 Å². The number of nitrogens with one attached hydrogen (secondary N) is 1. The first-order chi connectivity index (χ1) is 13.6. The summed E-state index contributed by atoms with van der Waals surface area (Å²) in [5, 5.41) is 11.8. The molecule has 152 valence electrons. The summed E-state index contributed by atoms with van der Waals surface area (Å²) < 4.78 is 7.12. The van der Waals surface area contributed by atoms with Crippen LogP contribution < -0.4 is 10.3 Å². The molecular weight excluding hydrogens is 400 g/mol. The van der Waals surface area contributed by atoms with Gasteiger partial charge in [-0.15, -0.1) is 11.3 Å². The molecule has 0 saturated carbocycles. The summed E-state index contributed by atoms with van der Waals surface area (Å²) in [6.07, 6.45) is 3.80. The zero-order chi connectivity index (χ0) is 19.9. The van der Waals surface area contributed by atoms with Crippen LogP contribution in [0, 0.1) is 6.92 Å². The van der Waals surface area contributed by atoms with Gasteiger partial charge in [0.05, 0.1) is 42.8 Å². The minimum absolute atomic E-state index is 0.181. The molecule has 1 N–H and O–H groups in total. The number of carbonyl (C=O) groups excluding carboxylic acids is 1. The zero-order valence-electron chi connectivity index (χ0n) is 16.2. The van der Waals surface area contributed by atoms with Crippen molar-refractivity contribution in [2.75, 3.05) is 31.2 Å². The second-order valence-electron chi connectivity index (χ2n) is 6.56. The second-order valence-corrected chi connectivity index (χ2v) is 7.75. The van der Waals surface area contributed by atoms with E-state index in [1.807, 2.05) is 12.3 Å². The molecule has 3 rings (SSSR count). The fraction of sp³-hybridized carbons (Fsp3) is 0.556. The molecule has 2 aromatic heterocycles. The minimum atomic E-state index is -0.220. The smallest absolute Gasteiger partial charge is 0.246 e. The lowest BCUT2D eigenvalue weighted by Crippen LogP contribution is -2.36. The summed E-state index contributed by atoms with van der Waals surface area (Å²) in [5.41, 5.74) is 4.79. The molecule has 2 aromatic rings. The Morgan fingerprint density at radius 2 is 2.25 bits per heavy atom. The Morgan fingerprint density at radius 3 is 3.00 bits per heavy atom. The van der Waals surface area contributed by atoms with Gasteiger partial charge in [-0.05, 0) is 13.3 Å². The number of hydrogen-bond acceptors (Lipinski definition) is 7. The molecule has 8 nitrogen and oxygen atoms in total. The molecule has 0 atom stereocenters. The van der Waals surface area contributed by atoms with E-state index in [2.05, 4.69) is 32.4 Å². The number of amides is 1. The first-order valence-electron chi connectivity index (χ1n) is 9.40. The average Bonchev–Trinajstić information content (AvgIpc) is 3.26. The Kier molecular flexibility index (Phi) is 7.41. The van der Waals surface area contributed by atoms with Crippen LogP contribution in [0.3, 0.4) is 0 Å². The molecule has 0 bridgehead atoms. The van der Waals surface area contributed by atoms with Crippen LogP contribution in [-0.4, -0.2) is 53.2 Å². The maximum absolute atomic E-state index is 12.2. The lowest BCUT2D eigenvalue weighted by molar-refractivity contribution is -0.120. The number of carbonyl (C=O) groups is 1. The lowest BCUT2D eigenvalue weighted by atomic mass is 10.3. The number of hydrogen-bond donors (Lipinski definition) is 1. The molecule has 0 spiro atoms. The van der Waals surface area contributed by atoms with Crippen LogP contribution in [0.5, 0.6) is 0 Å². The molecule has 0 aromatic carbocycles. The number of unbranched alkanes of at least 4 members (excludes halogenated alkanes) is 1. The molecule has 3 heterocycles. The van der Waals surface area contributed by atoms with E-state index in [0.717, 1.165) is 54.6 Å². The third kappa shape index (κ3) is 5.30. The van der Waals surface area contributed by atoms with Gasteiger partial charge in [-0.25, -0.2) is 10.4 Å². The van der Waals surface area contributed by atoms with Crippen LogP contribution >= 0.6 is 22.9 Å². The van der Waals surface area contributed by atoms with Crippen molar-refractivity contribution in [3.05, 3.63) is 27.5 Å². The molecule has 1 saturated heterocycles. The number of morpholine rings is 1. The van der Waals surface area contributed by atoms with Crippen LogP contribution in [0.1, 0.15) is 36.7 Å². The predicted octanol–water partition coefficient (Wildman–Crippen LogP) is 2.63. The molecule has 0 radical (unpaired) electrons. The summed E-state index contributed by atoms with van der Waals surface area (Å²) in [6, 6.07) is 0. The lowest BCUT2D eigenvalue weighted by Gasteiger charge is -2.26. The first-order valence-corrected chi connectivity index (χ1v) is 10.7. The van der Waals surface area contributed by atoms with E-state index in [0.29, 0.717) is 18.4 Å². The fourth-order valence-electron chi connectivity index (χ4n) is 2.82. The highest BCUT2D eigenvalue weighted by atomic mass is 35.5. The van der Waals surface area contributed by atoms with Crippen molar-refractivity contribution >= 4 is 40.2 Å². The molecule has 1 amide bonds. The number of ether oxygens (including phenoxy) is 1. The van der Waals surface area contributed by atoms with Crippen molar-refractivity contribution in [3.63, 3.8) is 0 Å². The SMILES string of the molecule is CCCCn1nc(C)c(/C=N\NC(=O)Cc2csc(N3CCOCC3)n2)c1Cl. The average molecular weight is 425 g/mol. The van der Waals surface area contributed by atoms with Gasteiger partial charge in [-0.1, -0.05) is 24.9 Å². The summed E-state index contributed by atoms with van der Waals surface area (Å²) in [6.45, 7) is 7.84. The van der Waals surface area contributed by atoms with Crippen LogP contribution in [0.4, 0.5) is 5.13 Å². The molecule has 1 aliphatic rings. The molecule has 1 aliphatic heterocycles. The predicted molar refractivity (Wildman–Crippen MR) is 111 cm³/mol. The van der Waals surface area contributed by atoms with E-state index >= 15 is 0 Å². The maximum Gasteiger partial charge on any atom is 0.246 e. The zero-order valence-corrected chi connectivity index (χ0v) is 17.7. The quantitative estimate of drug-likeness (QED) is 0.520. The van der Waals surface area contributed by atoms with Crippen molar-refractivity contribution in [1.82, 2.24) is 20.2 Å². The Labute approximate surface area is 173 Å². The molecule has 0 aliphatic carbocycles. The van der Waals surface area contributed by atoms with E-state index < -0.39 is 0 Å². The highest BCUT2D eigenvalue weighted by molar-refractivity contribution is 7.13.